The monoisotopic (exact) mass is 342 g/mol. The minimum atomic E-state index is -0.874. The number of benzene rings is 2. The van der Waals surface area contributed by atoms with Gasteiger partial charge in [0, 0.05) is 11.8 Å². The Balaban J connectivity index is 2.19. The fraction of sp³-hybridized carbons (Fsp3) is 0.316. The smallest absolute Gasteiger partial charge is 0.310 e. The summed E-state index contributed by atoms with van der Waals surface area (Å²) in [5.74, 6) is -0.0278. The van der Waals surface area contributed by atoms with E-state index in [1.165, 1.54) is 12.1 Å². The molecule has 0 heterocycles. The molecule has 0 saturated carbocycles. The summed E-state index contributed by atoms with van der Waals surface area (Å²) in [6.45, 7) is 7.60. The number of nitrogens with zero attached hydrogens (tertiary/aromatic N) is 1. The van der Waals surface area contributed by atoms with Gasteiger partial charge < -0.3 is 10.1 Å². The molecule has 1 atom stereocenters. The fourth-order valence-electron chi connectivity index (χ4n) is 2.52. The Bertz CT molecular complexity index is 787. The van der Waals surface area contributed by atoms with Gasteiger partial charge in [-0.3, -0.25) is 14.9 Å². The maximum absolute atomic E-state index is 12.5. The highest BCUT2D eigenvalue weighted by molar-refractivity contribution is 5.95. The van der Waals surface area contributed by atoms with Crippen LogP contribution in [0.5, 0.6) is 5.75 Å². The summed E-state index contributed by atoms with van der Waals surface area (Å²) in [4.78, 5) is 23.0. The third kappa shape index (κ3) is 4.35. The molecule has 0 aliphatic heterocycles. The van der Waals surface area contributed by atoms with Gasteiger partial charge in [0.1, 0.15) is 0 Å². The van der Waals surface area contributed by atoms with E-state index < -0.39 is 11.0 Å². The van der Waals surface area contributed by atoms with Crippen molar-refractivity contribution < 1.29 is 14.5 Å². The summed E-state index contributed by atoms with van der Waals surface area (Å²) in [6, 6.07) is 11.9. The summed E-state index contributed by atoms with van der Waals surface area (Å²) in [6.07, 6.45) is -0.874. The summed E-state index contributed by atoms with van der Waals surface area (Å²) >= 11 is 0. The number of amides is 1. The van der Waals surface area contributed by atoms with Crippen molar-refractivity contribution in [3.05, 3.63) is 63.7 Å². The van der Waals surface area contributed by atoms with Gasteiger partial charge in [0.05, 0.1) is 4.92 Å². The Labute approximate surface area is 147 Å². The molecule has 6 nitrogen and oxygen atoms in total. The lowest BCUT2D eigenvalue weighted by Crippen LogP contribution is -2.31. The number of nitro benzene ring substituents is 1. The maximum Gasteiger partial charge on any atom is 0.310 e. The minimum absolute atomic E-state index is 0.0732. The van der Waals surface area contributed by atoms with Crippen LogP contribution in [-0.2, 0) is 4.79 Å². The predicted octanol–water partition coefficient (Wildman–Crippen LogP) is 4.43. The average Bonchev–Trinajstić information content (AvgIpc) is 2.56. The highest BCUT2D eigenvalue weighted by atomic mass is 16.6. The number of anilines is 1. The molecule has 0 spiro atoms. The Hall–Kier alpha value is -2.89. The molecule has 0 radical (unpaired) electrons. The van der Waals surface area contributed by atoms with Gasteiger partial charge >= 0.3 is 5.69 Å². The lowest BCUT2D eigenvalue weighted by atomic mass is 9.98. The molecule has 0 unspecified atom stereocenters. The zero-order valence-electron chi connectivity index (χ0n) is 14.8. The first-order valence-corrected chi connectivity index (χ1v) is 8.11. The number of nitro groups is 1. The van der Waals surface area contributed by atoms with Crippen LogP contribution >= 0.6 is 0 Å². The second kappa shape index (κ2) is 7.79. The molecule has 0 saturated heterocycles. The molecule has 132 valence electrons. The van der Waals surface area contributed by atoms with Crippen molar-refractivity contribution in [3.63, 3.8) is 0 Å². The van der Waals surface area contributed by atoms with Crippen molar-refractivity contribution in [2.45, 2.75) is 39.7 Å². The van der Waals surface area contributed by atoms with Crippen molar-refractivity contribution >= 4 is 17.3 Å². The van der Waals surface area contributed by atoms with Crippen molar-refractivity contribution in [1.29, 1.82) is 0 Å². The molecule has 0 bridgehead atoms. The fourth-order valence-corrected chi connectivity index (χ4v) is 2.52. The molecule has 0 aliphatic rings. The van der Waals surface area contributed by atoms with E-state index >= 15 is 0 Å². The molecule has 0 aromatic heterocycles. The molecule has 6 heteroatoms. The molecular weight excluding hydrogens is 320 g/mol. The Morgan fingerprint density at radius 2 is 1.80 bits per heavy atom. The molecule has 1 amide bonds. The normalized spacial score (nSPS) is 11.9. The number of hydrogen-bond donors (Lipinski definition) is 1. The first kappa shape index (κ1) is 18.4. The minimum Gasteiger partial charge on any atom is -0.474 e. The van der Waals surface area contributed by atoms with Crippen LogP contribution in [-0.4, -0.2) is 16.9 Å². The quantitative estimate of drug-likeness (QED) is 0.622. The molecule has 2 aromatic carbocycles. The van der Waals surface area contributed by atoms with E-state index in [2.05, 4.69) is 19.2 Å². The van der Waals surface area contributed by atoms with E-state index in [0.717, 1.165) is 16.8 Å². The number of rotatable bonds is 6. The van der Waals surface area contributed by atoms with E-state index in [-0.39, 0.29) is 23.3 Å². The van der Waals surface area contributed by atoms with Gasteiger partial charge in [0.15, 0.2) is 11.9 Å². The van der Waals surface area contributed by atoms with Gasteiger partial charge in [-0.1, -0.05) is 44.2 Å². The van der Waals surface area contributed by atoms with Crippen LogP contribution in [0.3, 0.4) is 0 Å². The van der Waals surface area contributed by atoms with E-state index in [0.29, 0.717) is 0 Å². The van der Waals surface area contributed by atoms with Crippen molar-refractivity contribution in [2.24, 2.45) is 0 Å². The summed E-state index contributed by atoms with van der Waals surface area (Å²) in [5, 5.41) is 13.9. The number of carbonyl (C=O) groups is 1. The average molecular weight is 342 g/mol. The van der Waals surface area contributed by atoms with Gasteiger partial charge in [-0.25, -0.2) is 0 Å². The predicted molar refractivity (Wildman–Crippen MR) is 97.1 cm³/mol. The number of aryl methyl sites for hydroxylation is 1. The lowest BCUT2D eigenvalue weighted by molar-refractivity contribution is -0.386. The highest BCUT2D eigenvalue weighted by Crippen LogP contribution is 2.29. The van der Waals surface area contributed by atoms with Gasteiger partial charge in [0.25, 0.3) is 5.91 Å². The third-order valence-electron chi connectivity index (χ3n) is 3.91. The Morgan fingerprint density at radius 1 is 1.12 bits per heavy atom. The van der Waals surface area contributed by atoms with Crippen LogP contribution < -0.4 is 10.1 Å². The lowest BCUT2D eigenvalue weighted by Gasteiger charge is -2.19. The molecule has 0 aliphatic carbocycles. The number of carbonyl (C=O) groups excluding carboxylic acids is 1. The SMILES string of the molecule is Cc1cccc(C(C)C)c1NC(=O)[C@H](C)Oc1ccccc1[N+](=O)[O-]. The maximum atomic E-state index is 12.5. The molecule has 0 fully saturated rings. The number of para-hydroxylation sites is 3. The highest BCUT2D eigenvalue weighted by Gasteiger charge is 2.22. The van der Waals surface area contributed by atoms with E-state index in [9.17, 15) is 14.9 Å². The van der Waals surface area contributed by atoms with Gasteiger partial charge in [-0.15, -0.1) is 0 Å². The van der Waals surface area contributed by atoms with E-state index in [1.54, 1.807) is 19.1 Å². The van der Waals surface area contributed by atoms with Crippen molar-refractivity contribution in [3.8, 4) is 5.75 Å². The first-order chi connectivity index (χ1) is 11.8. The zero-order valence-corrected chi connectivity index (χ0v) is 14.8. The second-order valence-corrected chi connectivity index (χ2v) is 6.17. The largest absolute Gasteiger partial charge is 0.474 e. The van der Waals surface area contributed by atoms with Crippen LogP contribution in [0.25, 0.3) is 0 Å². The van der Waals surface area contributed by atoms with Crippen molar-refractivity contribution in [1.82, 2.24) is 0 Å². The van der Waals surface area contributed by atoms with Crippen LogP contribution in [0.1, 0.15) is 37.8 Å². The Morgan fingerprint density at radius 3 is 2.44 bits per heavy atom. The summed E-state index contributed by atoms with van der Waals surface area (Å²) in [5.41, 5.74) is 2.59. The topological polar surface area (TPSA) is 81.5 Å². The molecule has 1 N–H and O–H groups in total. The molecule has 2 aromatic rings. The summed E-state index contributed by atoms with van der Waals surface area (Å²) < 4.78 is 5.53. The second-order valence-electron chi connectivity index (χ2n) is 6.17. The van der Waals surface area contributed by atoms with Crippen LogP contribution in [0, 0.1) is 17.0 Å². The standard InChI is InChI=1S/C19H22N2O4/c1-12(2)15-9-7-8-13(3)18(15)20-19(22)14(4)25-17-11-6-5-10-16(17)21(23)24/h5-12,14H,1-4H3,(H,20,22)/t14-/m0/s1. The molecule has 25 heavy (non-hydrogen) atoms. The van der Waals surface area contributed by atoms with Gasteiger partial charge in [-0.05, 0) is 37.0 Å². The molecule has 2 rings (SSSR count). The van der Waals surface area contributed by atoms with Gasteiger partial charge in [0.2, 0.25) is 0 Å². The third-order valence-corrected chi connectivity index (χ3v) is 3.91. The van der Waals surface area contributed by atoms with Crippen LogP contribution in [0.4, 0.5) is 11.4 Å². The first-order valence-electron chi connectivity index (χ1n) is 8.11. The zero-order chi connectivity index (χ0) is 18.6. The van der Waals surface area contributed by atoms with E-state index in [1.807, 2.05) is 25.1 Å². The van der Waals surface area contributed by atoms with Crippen LogP contribution in [0.2, 0.25) is 0 Å². The van der Waals surface area contributed by atoms with Gasteiger partial charge in [-0.2, -0.15) is 0 Å². The number of nitrogens with one attached hydrogen (secondary N) is 1. The number of hydrogen-bond acceptors (Lipinski definition) is 4. The van der Waals surface area contributed by atoms with Crippen molar-refractivity contribution in [2.75, 3.05) is 5.32 Å². The van der Waals surface area contributed by atoms with Crippen LogP contribution in [0.15, 0.2) is 42.5 Å². The molecular formula is C19H22N2O4. The number of ether oxygens (including phenoxy) is 1. The summed E-state index contributed by atoms with van der Waals surface area (Å²) in [7, 11) is 0. The Kier molecular flexibility index (Phi) is 5.75. The van der Waals surface area contributed by atoms with E-state index in [4.69, 9.17) is 4.74 Å².